The molecule has 2 atom stereocenters. The highest BCUT2D eigenvalue weighted by molar-refractivity contribution is 6.33. The van der Waals surface area contributed by atoms with Gasteiger partial charge in [-0.3, -0.25) is 19.8 Å². The first-order chi connectivity index (χ1) is 20.0. The van der Waals surface area contributed by atoms with Gasteiger partial charge in [0, 0.05) is 20.2 Å². The van der Waals surface area contributed by atoms with Gasteiger partial charge in [-0.1, -0.05) is 17.7 Å². The number of ether oxygens (including phenoxy) is 2. The fourth-order valence-corrected chi connectivity index (χ4v) is 5.03. The van der Waals surface area contributed by atoms with E-state index in [0.29, 0.717) is 18.9 Å². The number of guanidine groups is 1. The number of rotatable bonds is 7. The average Bonchev–Trinajstić information content (AvgIpc) is 3.69. The fourth-order valence-electron chi connectivity index (χ4n) is 4.82. The fraction of sp³-hybridized carbons (Fsp3) is 0.414. The van der Waals surface area contributed by atoms with E-state index in [1.807, 2.05) is 0 Å². The summed E-state index contributed by atoms with van der Waals surface area (Å²) in [7, 11) is 2.92. The molecule has 2 aromatic rings. The van der Waals surface area contributed by atoms with Crippen LogP contribution in [-0.4, -0.2) is 66.1 Å². The molecule has 11 nitrogen and oxygen atoms in total. The van der Waals surface area contributed by atoms with E-state index in [2.05, 4.69) is 10.3 Å². The molecule has 1 unspecified atom stereocenters. The first-order valence-corrected chi connectivity index (χ1v) is 13.7. The van der Waals surface area contributed by atoms with Gasteiger partial charge in [0.25, 0.3) is 5.91 Å². The number of benzene rings is 2. The van der Waals surface area contributed by atoms with Crippen molar-refractivity contribution in [2.24, 2.45) is 16.6 Å². The number of nitrogens with zero attached hydrogens (tertiary/aromatic N) is 3. The molecular formula is C29H32ClF2N5O6. The predicted octanol–water partition coefficient (Wildman–Crippen LogP) is 4.48. The number of hydrogen-bond acceptors (Lipinski definition) is 7. The molecule has 0 spiro atoms. The molecule has 3 N–H and O–H groups in total. The lowest BCUT2D eigenvalue weighted by Crippen LogP contribution is -2.50. The Labute approximate surface area is 251 Å². The third-order valence-corrected chi connectivity index (χ3v) is 7.15. The lowest BCUT2D eigenvalue weighted by atomic mass is 9.84. The summed E-state index contributed by atoms with van der Waals surface area (Å²) in [6.07, 6.45) is -0.693. The largest absolute Gasteiger partial charge is 0.447 e. The number of hydrogen-bond donors (Lipinski definition) is 2. The second-order valence-corrected chi connectivity index (χ2v) is 11.9. The number of carbonyl (C=O) groups excluding carboxylic acids is 4. The van der Waals surface area contributed by atoms with Crippen molar-refractivity contribution >= 4 is 41.6 Å². The third kappa shape index (κ3) is 6.71. The molecule has 0 radical (unpaired) electrons. The van der Waals surface area contributed by atoms with Gasteiger partial charge < -0.3 is 20.1 Å². The number of aliphatic imine (C=N–C) groups is 1. The highest BCUT2D eigenvalue weighted by Crippen LogP contribution is 2.53. The van der Waals surface area contributed by atoms with Gasteiger partial charge in [-0.15, -0.1) is 0 Å². The summed E-state index contributed by atoms with van der Waals surface area (Å²) in [6, 6.07) is 5.70. The highest BCUT2D eigenvalue weighted by Gasteiger charge is 2.60. The minimum Gasteiger partial charge on any atom is -0.447 e. The number of primary amides is 1. The Bertz CT molecular complexity index is 1490. The van der Waals surface area contributed by atoms with E-state index in [0.717, 1.165) is 21.9 Å². The normalized spacial score (nSPS) is 19.0. The minimum atomic E-state index is -1.82. The number of carbonyl (C=O) groups is 4. The second kappa shape index (κ2) is 11.8. The Balaban J connectivity index is 1.91. The van der Waals surface area contributed by atoms with Gasteiger partial charge in [-0.25, -0.2) is 23.4 Å². The Morgan fingerprint density at radius 1 is 1.16 bits per heavy atom. The molecule has 1 heterocycles. The highest BCUT2D eigenvalue weighted by atomic mass is 35.5. The van der Waals surface area contributed by atoms with Crippen LogP contribution in [0.15, 0.2) is 41.4 Å². The van der Waals surface area contributed by atoms with Gasteiger partial charge in [-0.05, 0) is 74.9 Å². The maximum atomic E-state index is 14.6. The number of nitrogens with two attached hydrogens (primary N) is 1. The monoisotopic (exact) mass is 619 g/mol. The first kappa shape index (κ1) is 31.7. The van der Waals surface area contributed by atoms with Crippen LogP contribution >= 0.6 is 11.6 Å². The third-order valence-electron chi connectivity index (χ3n) is 6.82. The topological polar surface area (TPSA) is 144 Å². The zero-order valence-corrected chi connectivity index (χ0v) is 25.0. The molecule has 0 bridgehead atoms. The van der Waals surface area contributed by atoms with Crippen LogP contribution in [0, 0.1) is 17.6 Å². The van der Waals surface area contributed by atoms with Crippen molar-refractivity contribution in [3.8, 4) is 0 Å². The van der Waals surface area contributed by atoms with Crippen LogP contribution in [0.25, 0.3) is 0 Å². The molecule has 230 valence electrons. The molecule has 14 heteroatoms. The maximum Gasteiger partial charge on any atom is 0.414 e. The van der Waals surface area contributed by atoms with Crippen LogP contribution in [0.3, 0.4) is 0 Å². The molecule has 0 saturated heterocycles. The number of nitrogens with one attached hydrogen (secondary N) is 1. The van der Waals surface area contributed by atoms with E-state index in [9.17, 15) is 28.0 Å². The van der Waals surface area contributed by atoms with Crippen molar-refractivity contribution in [3.63, 3.8) is 0 Å². The standard InChI is InChI=1S/C29H32ClF2N5O6/c1-28(2,3)43-26(40)34-25-35-29(16-7-8-16,17-11-18(31)13-19(32)12-17)24(39)37(25)22(14-42-27(41)36(4)5)15-6-9-21(30)20(10-15)23(33)38/h6,9-13,16,22H,7-8,14H2,1-5H3,(H2,33,38)(H,34,35,40)/t22?,29-/m1/s1. The average molecular weight is 620 g/mol. The zero-order chi connectivity index (χ0) is 31.9. The summed E-state index contributed by atoms with van der Waals surface area (Å²) in [5.74, 6) is -4.20. The summed E-state index contributed by atoms with van der Waals surface area (Å²) in [6.45, 7) is 4.44. The van der Waals surface area contributed by atoms with Crippen LogP contribution in [0.1, 0.15) is 61.1 Å². The van der Waals surface area contributed by atoms with E-state index < -0.39 is 65.3 Å². The molecule has 1 fully saturated rings. The molecule has 1 aliphatic carbocycles. The summed E-state index contributed by atoms with van der Waals surface area (Å²) in [5.41, 5.74) is 2.88. The van der Waals surface area contributed by atoms with E-state index in [4.69, 9.17) is 26.8 Å². The summed E-state index contributed by atoms with van der Waals surface area (Å²) in [4.78, 5) is 59.0. The number of halogens is 3. The lowest BCUT2D eigenvalue weighted by Gasteiger charge is -2.32. The molecule has 1 saturated carbocycles. The SMILES string of the molecule is CN(C)C(=O)OCC(c1ccc(Cl)c(C(N)=O)c1)N1C(=O)[C@](c2cc(F)cc(F)c2)(C2CC2)N=C1NC(=O)OC(C)(C)C. The molecular weight excluding hydrogens is 588 g/mol. The predicted molar refractivity (Wildman–Crippen MR) is 152 cm³/mol. The van der Waals surface area contributed by atoms with Gasteiger partial charge in [0.05, 0.1) is 16.6 Å². The van der Waals surface area contributed by atoms with Crippen LogP contribution in [0.4, 0.5) is 18.4 Å². The van der Waals surface area contributed by atoms with Crippen molar-refractivity contribution in [2.75, 3.05) is 20.7 Å². The molecule has 0 aromatic heterocycles. The summed E-state index contributed by atoms with van der Waals surface area (Å²) >= 11 is 6.18. The molecule has 2 aromatic carbocycles. The van der Waals surface area contributed by atoms with Crippen LogP contribution in [-0.2, 0) is 19.8 Å². The summed E-state index contributed by atoms with van der Waals surface area (Å²) in [5, 5.41) is 2.54. The minimum absolute atomic E-state index is 0.0383. The van der Waals surface area contributed by atoms with Gasteiger partial charge in [0.1, 0.15) is 23.8 Å². The van der Waals surface area contributed by atoms with E-state index >= 15 is 0 Å². The van der Waals surface area contributed by atoms with Gasteiger partial charge in [0.2, 0.25) is 11.9 Å². The Morgan fingerprint density at radius 2 is 1.79 bits per heavy atom. The van der Waals surface area contributed by atoms with Gasteiger partial charge in [-0.2, -0.15) is 0 Å². The Kier molecular flexibility index (Phi) is 8.68. The van der Waals surface area contributed by atoms with Crippen LogP contribution < -0.4 is 11.1 Å². The number of amides is 4. The van der Waals surface area contributed by atoms with Crippen molar-refractivity contribution in [1.29, 1.82) is 0 Å². The molecule has 2 aliphatic rings. The molecule has 1 aliphatic heterocycles. The van der Waals surface area contributed by atoms with Crippen LogP contribution in [0.2, 0.25) is 5.02 Å². The summed E-state index contributed by atoms with van der Waals surface area (Å²) < 4.78 is 39.8. The van der Waals surface area contributed by atoms with Crippen molar-refractivity contribution in [1.82, 2.24) is 15.1 Å². The number of alkyl carbamates (subject to hydrolysis) is 1. The van der Waals surface area contributed by atoms with E-state index in [1.54, 1.807) is 20.8 Å². The quantitative estimate of drug-likeness (QED) is 0.468. The molecule has 43 heavy (non-hydrogen) atoms. The zero-order valence-electron chi connectivity index (χ0n) is 24.2. The molecule has 4 amide bonds. The van der Waals surface area contributed by atoms with Crippen molar-refractivity contribution in [2.45, 2.75) is 50.8 Å². The van der Waals surface area contributed by atoms with Crippen LogP contribution in [0.5, 0.6) is 0 Å². The van der Waals surface area contributed by atoms with E-state index in [1.165, 1.54) is 32.3 Å². The first-order valence-electron chi connectivity index (χ1n) is 13.4. The Morgan fingerprint density at radius 3 is 2.33 bits per heavy atom. The maximum absolute atomic E-state index is 14.6. The van der Waals surface area contributed by atoms with Gasteiger partial charge in [0.15, 0.2) is 5.54 Å². The lowest BCUT2D eigenvalue weighted by molar-refractivity contribution is -0.134. The van der Waals surface area contributed by atoms with Crippen molar-refractivity contribution in [3.05, 3.63) is 69.7 Å². The van der Waals surface area contributed by atoms with Gasteiger partial charge >= 0.3 is 12.2 Å². The van der Waals surface area contributed by atoms with E-state index in [-0.39, 0.29) is 27.7 Å². The second-order valence-electron chi connectivity index (χ2n) is 11.5. The molecule has 4 rings (SSSR count). The smallest absolute Gasteiger partial charge is 0.414 e. The Hall–Kier alpha value is -4.26. The van der Waals surface area contributed by atoms with Crippen molar-refractivity contribution < 1.29 is 37.4 Å².